The van der Waals surface area contributed by atoms with Gasteiger partial charge in [-0.25, -0.2) is 0 Å². The van der Waals surface area contributed by atoms with Crippen LogP contribution in [0, 0.1) is 0 Å². The molecule has 20 heavy (non-hydrogen) atoms. The summed E-state index contributed by atoms with van der Waals surface area (Å²) in [6.07, 6.45) is -5.60. The van der Waals surface area contributed by atoms with Crippen molar-refractivity contribution in [1.82, 2.24) is 10.2 Å². The van der Waals surface area contributed by atoms with Crippen LogP contribution in [0.2, 0.25) is 0 Å². The second-order valence-electron chi connectivity index (χ2n) is 4.86. The highest BCUT2D eigenvalue weighted by Crippen LogP contribution is 2.30. The maximum absolute atomic E-state index is 12.5. The van der Waals surface area contributed by atoms with Crippen molar-refractivity contribution < 1.29 is 27.8 Å². The minimum atomic E-state index is -4.65. The molecule has 0 aliphatic carbocycles. The van der Waals surface area contributed by atoms with Gasteiger partial charge in [-0.3, -0.25) is 9.69 Å². The first-order chi connectivity index (χ1) is 9.36. The number of methoxy groups -OCH3 is 1. The number of aliphatic hydroxyl groups is 1. The Labute approximate surface area is 116 Å². The Balaban J connectivity index is 2.40. The fourth-order valence-corrected chi connectivity index (χ4v) is 2.31. The summed E-state index contributed by atoms with van der Waals surface area (Å²) >= 11 is 0. The average Bonchev–Trinajstić information content (AvgIpc) is 2.80. The number of likely N-dealkylation sites (tertiary alicyclic amines) is 1. The molecule has 0 aromatic heterocycles. The predicted octanol–water partition coefficient (Wildman–Crippen LogP) is 0.527. The van der Waals surface area contributed by atoms with E-state index >= 15 is 0 Å². The third-order valence-corrected chi connectivity index (χ3v) is 3.31. The van der Waals surface area contributed by atoms with Gasteiger partial charge < -0.3 is 15.2 Å². The third kappa shape index (κ3) is 5.26. The molecule has 1 saturated heterocycles. The summed E-state index contributed by atoms with van der Waals surface area (Å²) < 4.78 is 42.3. The van der Waals surface area contributed by atoms with Crippen LogP contribution >= 0.6 is 0 Å². The van der Waals surface area contributed by atoms with E-state index in [4.69, 9.17) is 4.74 Å². The number of halogens is 3. The van der Waals surface area contributed by atoms with E-state index in [1.165, 1.54) is 4.90 Å². The van der Waals surface area contributed by atoms with E-state index < -0.39 is 18.3 Å². The van der Waals surface area contributed by atoms with Gasteiger partial charge in [0.25, 0.3) is 0 Å². The fraction of sp³-hybridized carbons (Fsp3) is 0.917. The van der Waals surface area contributed by atoms with Crippen LogP contribution in [0.25, 0.3) is 0 Å². The Morgan fingerprint density at radius 2 is 2.25 bits per heavy atom. The summed E-state index contributed by atoms with van der Waals surface area (Å²) in [5.41, 5.74) is 0. The molecule has 1 amide bonds. The van der Waals surface area contributed by atoms with Crippen molar-refractivity contribution in [3.05, 3.63) is 0 Å². The van der Waals surface area contributed by atoms with Gasteiger partial charge in [0.05, 0.1) is 6.54 Å². The zero-order chi connectivity index (χ0) is 15.2. The SMILES string of the molecule is COCCCNC(=O)CN1CCC[C@@H]1[C@H](O)C(F)(F)F. The predicted molar refractivity (Wildman–Crippen MR) is 66.2 cm³/mol. The molecule has 1 aliphatic heterocycles. The summed E-state index contributed by atoms with van der Waals surface area (Å²) in [5.74, 6) is -0.331. The second-order valence-corrected chi connectivity index (χ2v) is 4.86. The lowest BCUT2D eigenvalue weighted by molar-refractivity contribution is -0.219. The Bertz CT molecular complexity index is 313. The van der Waals surface area contributed by atoms with E-state index in [1.54, 1.807) is 7.11 Å². The van der Waals surface area contributed by atoms with Gasteiger partial charge in [-0.15, -0.1) is 0 Å². The number of hydrogen-bond donors (Lipinski definition) is 2. The Morgan fingerprint density at radius 3 is 2.85 bits per heavy atom. The number of hydrogen-bond acceptors (Lipinski definition) is 4. The molecule has 1 fully saturated rings. The van der Waals surface area contributed by atoms with Crippen molar-refractivity contribution in [1.29, 1.82) is 0 Å². The van der Waals surface area contributed by atoms with Crippen LogP contribution in [0.4, 0.5) is 13.2 Å². The molecular formula is C12H21F3N2O3. The van der Waals surface area contributed by atoms with E-state index in [9.17, 15) is 23.1 Å². The van der Waals surface area contributed by atoms with E-state index in [2.05, 4.69) is 5.32 Å². The number of carbonyl (C=O) groups is 1. The zero-order valence-corrected chi connectivity index (χ0v) is 11.4. The molecule has 2 N–H and O–H groups in total. The monoisotopic (exact) mass is 298 g/mol. The normalized spacial score (nSPS) is 21.9. The van der Waals surface area contributed by atoms with Crippen LogP contribution in [0.15, 0.2) is 0 Å². The molecular weight excluding hydrogens is 277 g/mol. The van der Waals surface area contributed by atoms with Crippen LogP contribution in [0.3, 0.4) is 0 Å². The van der Waals surface area contributed by atoms with E-state index in [-0.39, 0.29) is 18.9 Å². The highest BCUT2D eigenvalue weighted by atomic mass is 19.4. The minimum Gasteiger partial charge on any atom is -0.385 e. The molecule has 0 bridgehead atoms. The molecule has 0 saturated carbocycles. The number of ether oxygens (including phenoxy) is 1. The number of nitrogens with one attached hydrogen (secondary N) is 1. The molecule has 0 aromatic rings. The smallest absolute Gasteiger partial charge is 0.385 e. The Kier molecular flexibility index (Phi) is 6.70. The lowest BCUT2D eigenvalue weighted by Gasteiger charge is -2.29. The molecule has 5 nitrogen and oxygen atoms in total. The van der Waals surface area contributed by atoms with Gasteiger partial charge in [0, 0.05) is 26.3 Å². The maximum atomic E-state index is 12.5. The summed E-state index contributed by atoms with van der Waals surface area (Å²) in [4.78, 5) is 13.0. The standard InChI is InChI=1S/C12H21F3N2O3/c1-20-7-3-5-16-10(18)8-17-6-2-4-9(17)11(19)12(13,14)15/h9,11,19H,2-8H2,1H3,(H,16,18)/t9-,11+/m1/s1. The van der Waals surface area contributed by atoms with Crippen molar-refractivity contribution >= 4 is 5.91 Å². The molecule has 0 spiro atoms. The summed E-state index contributed by atoms with van der Waals surface area (Å²) in [6.45, 7) is 1.21. The highest BCUT2D eigenvalue weighted by molar-refractivity contribution is 5.78. The first kappa shape index (κ1) is 17.2. The van der Waals surface area contributed by atoms with Crippen LogP contribution in [0.1, 0.15) is 19.3 Å². The van der Waals surface area contributed by atoms with Gasteiger partial charge in [-0.1, -0.05) is 0 Å². The molecule has 1 heterocycles. The van der Waals surface area contributed by atoms with Crippen LogP contribution in [0.5, 0.6) is 0 Å². The van der Waals surface area contributed by atoms with Crippen molar-refractivity contribution in [2.45, 2.75) is 37.6 Å². The lowest BCUT2D eigenvalue weighted by Crippen LogP contribution is -2.49. The Hall–Kier alpha value is -0.860. The van der Waals surface area contributed by atoms with E-state index in [0.29, 0.717) is 32.5 Å². The first-order valence-corrected chi connectivity index (χ1v) is 6.60. The second kappa shape index (κ2) is 7.80. The van der Waals surface area contributed by atoms with Crippen LogP contribution in [-0.4, -0.2) is 67.6 Å². The molecule has 0 aromatic carbocycles. The molecule has 118 valence electrons. The first-order valence-electron chi connectivity index (χ1n) is 6.60. The number of aliphatic hydroxyl groups excluding tert-OH is 1. The van der Waals surface area contributed by atoms with Gasteiger partial charge in [0.2, 0.25) is 5.91 Å². The maximum Gasteiger partial charge on any atom is 0.415 e. The quantitative estimate of drug-likeness (QED) is 0.673. The van der Waals surface area contributed by atoms with Crippen molar-refractivity contribution in [2.24, 2.45) is 0 Å². The average molecular weight is 298 g/mol. The number of carbonyl (C=O) groups excluding carboxylic acids is 1. The highest BCUT2D eigenvalue weighted by Gasteiger charge is 2.47. The van der Waals surface area contributed by atoms with E-state index in [1.807, 2.05) is 0 Å². The number of alkyl halides is 3. The molecule has 8 heteroatoms. The largest absolute Gasteiger partial charge is 0.415 e. The molecule has 1 aliphatic rings. The van der Waals surface area contributed by atoms with Gasteiger partial charge >= 0.3 is 6.18 Å². The van der Waals surface area contributed by atoms with Crippen molar-refractivity contribution in [2.75, 3.05) is 33.4 Å². The zero-order valence-electron chi connectivity index (χ0n) is 11.4. The van der Waals surface area contributed by atoms with Gasteiger partial charge in [0.1, 0.15) is 0 Å². The number of nitrogens with zero attached hydrogens (tertiary/aromatic N) is 1. The lowest BCUT2D eigenvalue weighted by atomic mass is 10.1. The molecule has 1 rings (SSSR count). The van der Waals surface area contributed by atoms with Gasteiger partial charge in [-0.05, 0) is 25.8 Å². The molecule has 2 atom stereocenters. The van der Waals surface area contributed by atoms with Crippen LogP contribution in [-0.2, 0) is 9.53 Å². The number of rotatable bonds is 7. The topological polar surface area (TPSA) is 61.8 Å². The Morgan fingerprint density at radius 1 is 1.55 bits per heavy atom. The summed E-state index contributed by atoms with van der Waals surface area (Å²) in [7, 11) is 1.55. The summed E-state index contributed by atoms with van der Waals surface area (Å²) in [6, 6.07) is -1.03. The van der Waals surface area contributed by atoms with E-state index in [0.717, 1.165) is 0 Å². The molecule has 0 radical (unpaired) electrons. The van der Waals surface area contributed by atoms with Gasteiger partial charge in [-0.2, -0.15) is 13.2 Å². The third-order valence-electron chi connectivity index (χ3n) is 3.31. The minimum absolute atomic E-state index is 0.120. The van der Waals surface area contributed by atoms with Crippen LogP contribution < -0.4 is 5.32 Å². The van der Waals surface area contributed by atoms with Crippen molar-refractivity contribution in [3.8, 4) is 0 Å². The fourth-order valence-electron chi connectivity index (χ4n) is 2.31. The summed E-state index contributed by atoms with van der Waals surface area (Å²) in [5, 5.41) is 11.9. The van der Waals surface area contributed by atoms with Gasteiger partial charge in [0.15, 0.2) is 6.10 Å². The van der Waals surface area contributed by atoms with Crippen molar-refractivity contribution in [3.63, 3.8) is 0 Å². The number of amides is 1. The molecule has 0 unspecified atom stereocenters.